The topological polar surface area (TPSA) is 127 Å². The number of rotatable bonds is 6. The number of hydrogen-bond donors (Lipinski definition) is 4. The van der Waals surface area contributed by atoms with Crippen molar-refractivity contribution in [3.8, 4) is 0 Å². The SMILES string of the molecule is CCC(NC(=O)C(N)CC(N)=O)c1ncc[nH]1. The van der Waals surface area contributed by atoms with Crippen LogP contribution in [0.25, 0.3) is 0 Å². The minimum absolute atomic E-state index is 0.166. The molecule has 0 saturated carbocycles. The van der Waals surface area contributed by atoms with Crippen LogP contribution in [0.3, 0.4) is 0 Å². The van der Waals surface area contributed by atoms with Crippen LogP contribution in [0.1, 0.15) is 31.6 Å². The molecule has 2 unspecified atom stereocenters. The highest BCUT2D eigenvalue weighted by Crippen LogP contribution is 2.11. The Kier molecular flexibility index (Phi) is 4.65. The van der Waals surface area contributed by atoms with Crippen molar-refractivity contribution < 1.29 is 9.59 Å². The molecule has 0 fully saturated rings. The predicted octanol–water partition coefficient (Wildman–Crippen LogP) is -0.820. The second-order valence-corrected chi connectivity index (χ2v) is 3.72. The van der Waals surface area contributed by atoms with Gasteiger partial charge in [-0.25, -0.2) is 4.98 Å². The maximum atomic E-state index is 11.7. The average molecular weight is 239 g/mol. The summed E-state index contributed by atoms with van der Waals surface area (Å²) in [6.45, 7) is 1.91. The van der Waals surface area contributed by atoms with Gasteiger partial charge in [0.1, 0.15) is 5.82 Å². The van der Waals surface area contributed by atoms with Gasteiger partial charge in [-0.2, -0.15) is 0 Å². The third-order valence-corrected chi connectivity index (χ3v) is 2.33. The van der Waals surface area contributed by atoms with E-state index in [0.29, 0.717) is 12.2 Å². The number of aromatic nitrogens is 2. The van der Waals surface area contributed by atoms with Crippen molar-refractivity contribution in [1.82, 2.24) is 15.3 Å². The molecule has 2 amide bonds. The Morgan fingerprint density at radius 2 is 2.29 bits per heavy atom. The molecular formula is C10H17N5O2. The molecular weight excluding hydrogens is 222 g/mol. The Balaban J connectivity index is 2.57. The number of primary amides is 1. The zero-order valence-electron chi connectivity index (χ0n) is 9.64. The van der Waals surface area contributed by atoms with Crippen molar-refractivity contribution >= 4 is 11.8 Å². The van der Waals surface area contributed by atoms with E-state index in [1.54, 1.807) is 12.4 Å². The van der Waals surface area contributed by atoms with Crippen LogP contribution in [0.15, 0.2) is 12.4 Å². The van der Waals surface area contributed by atoms with E-state index in [9.17, 15) is 9.59 Å². The Hall–Kier alpha value is -1.89. The number of carbonyl (C=O) groups is 2. The summed E-state index contributed by atoms with van der Waals surface area (Å²) in [4.78, 5) is 29.3. The van der Waals surface area contributed by atoms with Crippen LogP contribution >= 0.6 is 0 Å². The molecule has 2 atom stereocenters. The van der Waals surface area contributed by atoms with E-state index in [-0.39, 0.29) is 12.5 Å². The molecule has 94 valence electrons. The highest BCUT2D eigenvalue weighted by Gasteiger charge is 2.20. The lowest BCUT2D eigenvalue weighted by Crippen LogP contribution is -2.44. The fourth-order valence-electron chi connectivity index (χ4n) is 1.42. The number of nitrogens with zero attached hydrogens (tertiary/aromatic N) is 1. The summed E-state index contributed by atoms with van der Waals surface area (Å²) >= 11 is 0. The van der Waals surface area contributed by atoms with Gasteiger partial charge in [-0.15, -0.1) is 0 Å². The first kappa shape index (κ1) is 13.2. The summed E-state index contributed by atoms with van der Waals surface area (Å²) in [5, 5.41) is 2.71. The van der Waals surface area contributed by atoms with E-state index < -0.39 is 17.9 Å². The van der Waals surface area contributed by atoms with E-state index in [1.165, 1.54) is 0 Å². The molecule has 1 heterocycles. The first-order valence-electron chi connectivity index (χ1n) is 5.38. The number of imidazole rings is 1. The van der Waals surface area contributed by atoms with Gasteiger partial charge in [-0.05, 0) is 6.42 Å². The molecule has 0 aliphatic rings. The molecule has 17 heavy (non-hydrogen) atoms. The van der Waals surface area contributed by atoms with Crippen molar-refractivity contribution in [2.24, 2.45) is 11.5 Å². The molecule has 7 nitrogen and oxygen atoms in total. The number of nitrogens with one attached hydrogen (secondary N) is 2. The lowest BCUT2D eigenvalue weighted by molar-refractivity contribution is -0.126. The highest BCUT2D eigenvalue weighted by molar-refractivity contribution is 5.87. The predicted molar refractivity (Wildman–Crippen MR) is 61.5 cm³/mol. The monoisotopic (exact) mass is 239 g/mol. The van der Waals surface area contributed by atoms with Gasteiger partial charge >= 0.3 is 0 Å². The van der Waals surface area contributed by atoms with E-state index in [1.807, 2.05) is 6.92 Å². The first-order chi connectivity index (χ1) is 8.04. The highest BCUT2D eigenvalue weighted by atomic mass is 16.2. The quantitative estimate of drug-likeness (QED) is 0.517. The standard InChI is InChI=1S/C10H17N5O2/c1-2-7(9-13-3-4-14-9)15-10(17)6(11)5-8(12)16/h3-4,6-7H,2,5,11H2,1H3,(H2,12,16)(H,13,14)(H,15,17). The van der Waals surface area contributed by atoms with E-state index in [2.05, 4.69) is 15.3 Å². The number of carbonyl (C=O) groups excluding carboxylic acids is 2. The number of nitrogens with two attached hydrogens (primary N) is 2. The Labute approximate surface area is 99.0 Å². The zero-order chi connectivity index (χ0) is 12.8. The van der Waals surface area contributed by atoms with Gasteiger partial charge in [0, 0.05) is 12.4 Å². The maximum Gasteiger partial charge on any atom is 0.238 e. The van der Waals surface area contributed by atoms with E-state index in [4.69, 9.17) is 11.5 Å². The van der Waals surface area contributed by atoms with E-state index in [0.717, 1.165) is 0 Å². The van der Waals surface area contributed by atoms with Gasteiger partial charge in [0.05, 0.1) is 18.5 Å². The van der Waals surface area contributed by atoms with Crippen molar-refractivity contribution in [2.75, 3.05) is 0 Å². The molecule has 6 N–H and O–H groups in total. The molecule has 1 aromatic rings. The normalized spacial score (nSPS) is 14.0. The first-order valence-corrected chi connectivity index (χ1v) is 5.38. The number of H-pyrrole nitrogens is 1. The van der Waals surface area contributed by atoms with Gasteiger partial charge in [0.25, 0.3) is 0 Å². The van der Waals surface area contributed by atoms with Gasteiger partial charge < -0.3 is 21.8 Å². The van der Waals surface area contributed by atoms with Crippen LogP contribution in [-0.4, -0.2) is 27.8 Å². The average Bonchev–Trinajstić information content (AvgIpc) is 2.77. The summed E-state index contributed by atoms with van der Waals surface area (Å²) in [5.41, 5.74) is 10.5. The maximum absolute atomic E-state index is 11.7. The molecule has 0 saturated heterocycles. The summed E-state index contributed by atoms with van der Waals surface area (Å²) in [7, 11) is 0. The second-order valence-electron chi connectivity index (χ2n) is 3.72. The number of hydrogen-bond acceptors (Lipinski definition) is 4. The van der Waals surface area contributed by atoms with Crippen LogP contribution in [0.2, 0.25) is 0 Å². The zero-order valence-corrected chi connectivity index (χ0v) is 9.64. The Morgan fingerprint density at radius 1 is 1.59 bits per heavy atom. The summed E-state index contributed by atoms with van der Waals surface area (Å²) in [6, 6.07) is -1.16. The smallest absolute Gasteiger partial charge is 0.238 e. The molecule has 1 rings (SSSR count). The van der Waals surface area contributed by atoms with Gasteiger partial charge in [0.15, 0.2) is 0 Å². The second kappa shape index (κ2) is 6.00. The molecule has 0 bridgehead atoms. The van der Waals surface area contributed by atoms with Crippen LogP contribution in [-0.2, 0) is 9.59 Å². The van der Waals surface area contributed by atoms with Crippen molar-refractivity contribution in [3.05, 3.63) is 18.2 Å². The molecule has 0 radical (unpaired) electrons. The van der Waals surface area contributed by atoms with Gasteiger partial charge in [-0.1, -0.05) is 6.92 Å². The molecule has 1 aromatic heterocycles. The fraction of sp³-hybridized carbons (Fsp3) is 0.500. The third kappa shape index (κ3) is 3.87. The minimum atomic E-state index is -0.920. The minimum Gasteiger partial charge on any atom is -0.370 e. The van der Waals surface area contributed by atoms with Crippen molar-refractivity contribution in [3.63, 3.8) is 0 Å². The molecule has 7 heteroatoms. The van der Waals surface area contributed by atoms with Gasteiger partial charge in [0.2, 0.25) is 11.8 Å². The van der Waals surface area contributed by atoms with E-state index >= 15 is 0 Å². The number of amides is 2. The van der Waals surface area contributed by atoms with Crippen molar-refractivity contribution in [2.45, 2.75) is 31.8 Å². The lowest BCUT2D eigenvalue weighted by atomic mass is 10.1. The molecule has 0 spiro atoms. The Bertz CT molecular complexity index is 376. The summed E-state index contributed by atoms with van der Waals surface area (Å²) < 4.78 is 0. The number of aromatic amines is 1. The lowest BCUT2D eigenvalue weighted by Gasteiger charge is -2.17. The fourth-order valence-corrected chi connectivity index (χ4v) is 1.42. The molecule has 0 aromatic carbocycles. The third-order valence-electron chi connectivity index (χ3n) is 2.33. The largest absolute Gasteiger partial charge is 0.370 e. The summed E-state index contributed by atoms with van der Waals surface area (Å²) in [6.07, 6.45) is 3.78. The Morgan fingerprint density at radius 3 is 2.76 bits per heavy atom. The van der Waals surface area contributed by atoms with Crippen LogP contribution in [0.5, 0.6) is 0 Å². The molecule has 0 aliphatic heterocycles. The van der Waals surface area contributed by atoms with Crippen LogP contribution in [0, 0.1) is 0 Å². The van der Waals surface area contributed by atoms with Crippen LogP contribution < -0.4 is 16.8 Å². The summed E-state index contributed by atoms with van der Waals surface area (Å²) in [5.74, 6) is -0.349. The van der Waals surface area contributed by atoms with Gasteiger partial charge in [-0.3, -0.25) is 9.59 Å². The van der Waals surface area contributed by atoms with Crippen LogP contribution in [0.4, 0.5) is 0 Å². The molecule has 0 aliphatic carbocycles. The van der Waals surface area contributed by atoms with Crippen molar-refractivity contribution in [1.29, 1.82) is 0 Å².